The summed E-state index contributed by atoms with van der Waals surface area (Å²) in [6, 6.07) is 4.81. The molecule has 0 aliphatic rings. The summed E-state index contributed by atoms with van der Waals surface area (Å²) < 4.78 is 13.8. The first kappa shape index (κ1) is 12.9. The Labute approximate surface area is 108 Å². The van der Waals surface area contributed by atoms with Gasteiger partial charge in [-0.1, -0.05) is 0 Å². The minimum Gasteiger partial charge on any atom is -0.348 e. The van der Waals surface area contributed by atoms with E-state index in [4.69, 9.17) is 5.84 Å². The summed E-state index contributed by atoms with van der Waals surface area (Å²) >= 11 is 0. The lowest BCUT2D eigenvalue weighted by atomic mass is 10.2. The van der Waals surface area contributed by atoms with E-state index in [1.54, 1.807) is 24.5 Å². The normalized spacial score (nSPS) is 10.0. The van der Waals surface area contributed by atoms with Gasteiger partial charge < -0.3 is 10.7 Å². The van der Waals surface area contributed by atoms with Crippen molar-refractivity contribution in [3.63, 3.8) is 0 Å². The lowest BCUT2D eigenvalue weighted by Crippen LogP contribution is -2.24. The van der Waals surface area contributed by atoms with Crippen molar-refractivity contribution in [1.29, 1.82) is 0 Å². The number of amides is 1. The molecule has 0 radical (unpaired) electrons. The molecule has 4 N–H and O–H groups in total. The number of hydrogen-bond donors (Lipinski definition) is 3. The first-order chi connectivity index (χ1) is 9.22. The van der Waals surface area contributed by atoms with Crippen molar-refractivity contribution in [1.82, 2.24) is 15.3 Å². The van der Waals surface area contributed by atoms with Gasteiger partial charge in [0.2, 0.25) is 0 Å². The largest absolute Gasteiger partial charge is 0.348 e. The molecule has 2 rings (SSSR count). The zero-order valence-corrected chi connectivity index (χ0v) is 9.93. The van der Waals surface area contributed by atoms with E-state index in [9.17, 15) is 9.18 Å². The summed E-state index contributed by atoms with van der Waals surface area (Å²) in [5, 5.41) is 2.60. The van der Waals surface area contributed by atoms with Crippen LogP contribution in [0, 0.1) is 5.82 Å². The fraction of sp³-hybridized carbons (Fsp3) is 0.0833. The Balaban J connectivity index is 2.08. The Morgan fingerprint density at radius 1 is 1.26 bits per heavy atom. The molecule has 0 atom stereocenters. The van der Waals surface area contributed by atoms with E-state index in [2.05, 4.69) is 20.7 Å². The molecular weight excluding hydrogens is 249 g/mol. The molecule has 0 aliphatic heterocycles. The molecule has 0 spiro atoms. The van der Waals surface area contributed by atoms with Gasteiger partial charge in [-0.15, -0.1) is 0 Å². The van der Waals surface area contributed by atoms with Gasteiger partial charge in [-0.05, 0) is 23.8 Å². The predicted octanol–water partition coefficient (Wildman–Crippen LogP) is 0.831. The summed E-state index contributed by atoms with van der Waals surface area (Å²) in [5.74, 6) is 3.61. The number of halogens is 1. The number of hydrazine groups is 1. The number of carbonyl (C=O) groups excluding carboxylic acids is 1. The summed E-state index contributed by atoms with van der Waals surface area (Å²) in [4.78, 5) is 19.4. The number of carbonyl (C=O) groups is 1. The SMILES string of the molecule is NNc1nccc(C(=O)NCc2ccncc2)c1F. The molecule has 2 aromatic heterocycles. The standard InChI is InChI=1S/C12H12FN5O/c13-10-9(3-6-16-11(10)18-14)12(19)17-7-8-1-4-15-5-2-8/h1-6H,7,14H2,(H,16,18)(H,17,19). The third-order valence-electron chi connectivity index (χ3n) is 2.47. The van der Waals surface area contributed by atoms with E-state index in [1.807, 2.05) is 0 Å². The van der Waals surface area contributed by atoms with Crippen LogP contribution in [0.2, 0.25) is 0 Å². The van der Waals surface area contributed by atoms with Crippen LogP contribution in [0.15, 0.2) is 36.8 Å². The number of rotatable bonds is 4. The monoisotopic (exact) mass is 261 g/mol. The Kier molecular flexibility index (Phi) is 3.99. The van der Waals surface area contributed by atoms with Crippen LogP contribution >= 0.6 is 0 Å². The third-order valence-corrected chi connectivity index (χ3v) is 2.47. The van der Waals surface area contributed by atoms with Crippen molar-refractivity contribution in [2.45, 2.75) is 6.54 Å². The van der Waals surface area contributed by atoms with E-state index >= 15 is 0 Å². The topological polar surface area (TPSA) is 92.9 Å². The van der Waals surface area contributed by atoms with Crippen LogP contribution in [0.4, 0.5) is 10.2 Å². The Morgan fingerprint density at radius 2 is 2.00 bits per heavy atom. The van der Waals surface area contributed by atoms with E-state index < -0.39 is 11.7 Å². The first-order valence-corrected chi connectivity index (χ1v) is 5.50. The molecule has 2 heterocycles. The van der Waals surface area contributed by atoms with Crippen LogP contribution < -0.4 is 16.6 Å². The summed E-state index contributed by atoms with van der Waals surface area (Å²) in [5.41, 5.74) is 2.85. The Morgan fingerprint density at radius 3 is 2.68 bits per heavy atom. The molecule has 19 heavy (non-hydrogen) atoms. The van der Waals surface area contributed by atoms with E-state index in [0.29, 0.717) is 0 Å². The fourth-order valence-corrected chi connectivity index (χ4v) is 1.50. The van der Waals surface area contributed by atoms with Crippen LogP contribution in [-0.2, 0) is 6.54 Å². The molecule has 0 saturated carbocycles. The van der Waals surface area contributed by atoms with Gasteiger partial charge in [-0.25, -0.2) is 15.2 Å². The smallest absolute Gasteiger partial charge is 0.254 e. The molecule has 0 saturated heterocycles. The maximum Gasteiger partial charge on any atom is 0.254 e. The number of nitrogens with two attached hydrogens (primary N) is 1. The summed E-state index contributed by atoms with van der Waals surface area (Å²) in [6.07, 6.45) is 4.54. The van der Waals surface area contributed by atoms with Gasteiger partial charge >= 0.3 is 0 Å². The van der Waals surface area contributed by atoms with Crippen molar-refractivity contribution < 1.29 is 9.18 Å². The molecule has 1 amide bonds. The maximum absolute atomic E-state index is 13.8. The van der Waals surface area contributed by atoms with Gasteiger partial charge in [-0.3, -0.25) is 9.78 Å². The molecular formula is C12H12FN5O. The number of anilines is 1. The lowest BCUT2D eigenvalue weighted by Gasteiger charge is -2.08. The first-order valence-electron chi connectivity index (χ1n) is 5.50. The Hall–Kier alpha value is -2.54. The highest BCUT2D eigenvalue weighted by Gasteiger charge is 2.15. The van der Waals surface area contributed by atoms with E-state index in [1.165, 1.54) is 12.3 Å². The van der Waals surface area contributed by atoms with Crippen LogP contribution in [0.5, 0.6) is 0 Å². The molecule has 98 valence electrons. The van der Waals surface area contributed by atoms with Crippen LogP contribution in [0.3, 0.4) is 0 Å². The van der Waals surface area contributed by atoms with E-state index in [0.717, 1.165) is 5.56 Å². The number of aromatic nitrogens is 2. The van der Waals surface area contributed by atoms with Crippen LogP contribution in [-0.4, -0.2) is 15.9 Å². The highest BCUT2D eigenvalue weighted by molar-refractivity contribution is 5.95. The zero-order valence-electron chi connectivity index (χ0n) is 9.93. The average molecular weight is 261 g/mol. The van der Waals surface area contributed by atoms with Gasteiger partial charge in [0.15, 0.2) is 11.6 Å². The molecule has 2 aromatic rings. The number of nitrogens with zero attached hydrogens (tertiary/aromatic N) is 2. The van der Waals surface area contributed by atoms with Crippen molar-refractivity contribution in [3.05, 3.63) is 53.7 Å². The van der Waals surface area contributed by atoms with Gasteiger partial charge in [0.05, 0.1) is 5.56 Å². The molecule has 0 aliphatic carbocycles. The second-order valence-electron chi connectivity index (χ2n) is 3.70. The maximum atomic E-state index is 13.8. The summed E-state index contributed by atoms with van der Waals surface area (Å²) in [7, 11) is 0. The third kappa shape index (κ3) is 3.02. The average Bonchev–Trinajstić information content (AvgIpc) is 2.46. The summed E-state index contributed by atoms with van der Waals surface area (Å²) in [6.45, 7) is 0.286. The number of hydrogen-bond acceptors (Lipinski definition) is 5. The molecule has 6 nitrogen and oxygen atoms in total. The fourth-order valence-electron chi connectivity index (χ4n) is 1.50. The van der Waals surface area contributed by atoms with Gasteiger partial charge in [0, 0.05) is 25.1 Å². The Bertz CT molecular complexity index is 576. The molecule has 0 fully saturated rings. The molecule has 7 heteroatoms. The lowest BCUT2D eigenvalue weighted by molar-refractivity contribution is 0.0947. The van der Waals surface area contributed by atoms with Crippen LogP contribution in [0.25, 0.3) is 0 Å². The van der Waals surface area contributed by atoms with Crippen molar-refractivity contribution in [3.8, 4) is 0 Å². The minimum atomic E-state index is -0.780. The number of nitrogens with one attached hydrogen (secondary N) is 2. The highest BCUT2D eigenvalue weighted by atomic mass is 19.1. The van der Waals surface area contributed by atoms with Gasteiger partial charge in [0.1, 0.15) is 0 Å². The van der Waals surface area contributed by atoms with Crippen LogP contribution in [0.1, 0.15) is 15.9 Å². The minimum absolute atomic E-state index is 0.114. The second-order valence-corrected chi connectivity index (χ2v) is 3.70. The molecule has 0 bridgehead atoms. The van der Waals surface area contributed by atoms with Gasteiger partial charge in [0.25, 0.3) is 5.91 Å². The van der Waals surface area contributed by atoms with Gasteiger partial charge in [-0.2, -0.15) is 0 Å². The number of pyridine rings is 2. The van der Waals surface area contributed by atoms with Crippen molar-refractivity contribution in [2.24, 2.45) is 5.84 Å². The van der Waals surface area contributed by atoms with Crippen molar-refractivity contribution >= 4 is 11.7 Å². The predicted molar refractivity (Wildman–Crippen MR) is 67.4 cm³/mol. The highest BCUT2D eigenvalue weighted by Crippen LogP contribution is 2.13. The van der Waals surface area contributed by atoms with Crippen molar-refractivity contribution in [2.75, 3.05) is 5.43 Å². The zero-order chi connectivity index (χ0) is 13.7. The molecule has 0 aromatic carbocycles. The second kappa shape index (κ2) is 5.87. The quantitative estimate of drug-likeness (QED) is 0.560. The molecule has 0 unspecified atom stereocenters. The van der Waals surface area contributed by atoms with E-state index in [-0.39, 0.29) is 17.9 Å². The number of nitrogen functional groups attached to an aromatic ring is 1.